The fraction of sp³-hybridized carbons (Fsp3) is 0.500. The zero-order valence-corrected chi connectivity index (χ0v) is 11.9. The second kappa shape index (κ2) is 7.30. The Morgan fingerprint density at radius 2 is 2.35 bits per heavy atom. The maximum absolute atomic E-state index is 9.71. The van der Waals surface area contributed by atoms with Crippen LogP contribution in [0.3, 0.4) is 0 Å². The number of nitrogens with two attached hydrogens (primary N) is 1. The monoisotopic (exact) mass is 274 g/mol. The molecular weight excluding hydrogens is 252 g/mol. The number of rotatable bonds is 3. The van der Waals surface area contributed by atoms with Crippen LogP contribution in [-0.2, 0) is 6.54 Å². The summed E-state index contributed by atoms with van der Waals surface area (Å²) in [6, 6.07) is 6.03. The van der Waals surface area contributed by atoms with Crippen molar-refractivity contribution in [3.8, 4) is 17.6 Å². The molecule has 1 aliphatic heterocycles. The van der Waals surface area contributed by atoms with E-state index in [-0.39, 0.29) is 6.10 Å². The number of ether oxygens (including phenoxy) is 1. The average Bonchev–Trinajstić information content (AvgIpc) is 2.45. The van der Waals surface area contributed by atoms with Gasteiger partial charge >= 0.3 is 0 Å². The van der Waals surface area contributed by atoms with Crippen molar-refractivity contribution in [2.24, 2.45) is 5.73 Å². The van der Waals surface area contributed by atoms with Crippen LogP contribution in [0.1, 0.15) is 24.0 Å². The minimum atomic E-state index is -0.196. The highest BCUT2D eigenvalue weighted by atomic mass is 16.5. The number of hydrogen-bond acceptors (Lipinski definition) is 4. The van der Waals surface area contributed by atoms with E-state index in [1.807, 2.05) is 18.2 Å². The van der Waals surface area contributed by atoms with Gasteiger partial charge < -0.3 is 15.6 Å². The quantitative estimate of drug-likeness (QED) is 0.806. The molecule has 0 saturated carbocycles. The Morgan fingerprint density at radius 3 is 3.05 bits per heavy atom. The summed E-state index contributed by atoms with van der Waals surface area (Å²) in [6.07, 6.45) is 1.77. The van der Waals surface area contributed by atoms with E-state index >= 15 is 0 Å². The Labute approximate surface area is 120 Å². The third-order valence-electron chi connectivity index (χ3n) is 3.48. The molecule has 3 N–H and O–H groups in total. The third-order valence-corrected chi connectivity index (χ3v) is 3.48. The lowest BCUT2D eigenvalue weighted by Gasteiger charge is -2.30. The Bertz CT molecular complexity index is 505. The fourth-order valence-corrected chi connectivity index (χ4v) is 2.53. The summed E-state index contributed by atoms with van der Waals surface area (Å²) < 4.78 is 5.31. The number of benzene rings is 1. The topological polar surface area (TPSA) is 58.7 Å². The largest absolute Gasteiger partial charge is 0.495 e. The molecule has 108 valence electrons. The number of aliphatic hydroxyl groups is 1. The first-order chi connectivity index (χ1) is 9.72. The Hall–Kier alpha value is -1.54. The molecule has 0 aromatic heterocycles. The van der Waals surface area contributed by atoms with Gasteiger partial charge in [-0.1, -0.05) is 17.9 Å². The molecule has 1 aromatic carbocycles. The second-order valence-electron chi connectivity index (χ2n) is 5.07. The Balaban J connectivity index is 2.11. The fourth-order valence-electron chi connectivity index (χ4n) is 2.53. The molecule has 20 heavy (non-hydrogen) atoms. The first-order valence-electron chi connectivity index (χ1n) is 6.99. The predicted molar refractivity (Wildman–Crippen MR) is 79.4 cm³/mol. The van der Waals surface area contributed by atoms with Crippen LogP contribution >= 0.6 is 0 Å². The van der Waals surface area contributed by atoms with Crippen molar-refractivity contribution in [1.29, 1.82) is 0 Å². The maximum atomic E-state index is 9.71. The Kier molecular flexibility index (Phi) is 5.42. The summed E-state index contributed by atoms with van der Waals surface area (Å²) in [5.41, 5.74) is 7.47. The lowest BCUT2D eigenvalue weighted by Crippen LogP contribution is -2.37. The SMILES string of the molecule is COc1ccc(CN2CCCC(O)C2)cc1C#CCN. The zero-order valence-electron chi connectivity index (χ0n) is 11.9. The number of β-amino-alcohol motifs (C(OH)–C–C–N with tert-alkyl or cyclic N) is 1. The van der Waals surface area contributed by atoms with E-state index in [1.54, 1.807) is 7.11 Å². The van der Waals surface area contributed by atoms with Crippen molar-refractivity contribution in [2.75, 3.05) is 26.7 Å². The predicted octanol–water partition coefficient (Wildman–Crippen LogP) is 0.962. The first-order valence-corrected chi connectivity index (χ1v) is 6.99. The minimum Gasteiger partial charge on any atom is -0.495 e. The van der Waals surface area contributed by atoms with Crippen molar-refractivity contribution in [2.45, 2.75) is 25.5 Å². The summed E-state index contributed by atoms with van der Waals surface area (Å²) in [4.78, 5) is 2.27. The van der Waals surface area contributed by atoms with Crippen LogP contribution in [0, 0.1) is 11.8 Å². The highest BCUT2D eigenvalue weighted by Crippen LogP contribution is 2.21. The van der Waals surface area contributed by atoms with Crippen LogP contribution in [0.4, 0.5) is 0 Å². The maximum Gasteiger partial charge on any atom is 0.134 e. The molecule has 1 heterocycles. The zero-order chi connectivity index (χ0) is 14.4. The van der Waals surface area contributed by atoms with E-state index in [0.717, 1.165) is 43.8 Å². The molecule has 1 fully saturated rings. The molecular formula is C16H22N2O2. The number of methoxy groups -OCH3 is 1. The third kappa shape index (κ3) is 3.97. The smallest absolute Gasteiger partial charge is 0.134 e. The van der Waals surface area contributed by atoms with Gasteiger partial charge in [-0.2, -0.15) is 0 Å². The number of aliphatic hydroxyl groups excluding tert-OH is 1. The summed E-state index contributed by atoms with van der Waals surface area (Å²) in [7, 11) is 1.64. The van der Waals surface area contributed by atoms with Crippen LogP contribution in [0.2, 0.25) is 0 Å². The van der Waals surface area contributed by atoms with Crippen molar-refractivity contribution in [3.05, 3.63) is 29.3 Å². The van der Waals surface area contributed by atoms with Crippen molar-refractivity contribution >= 4 is 0 Å². The normalized spacial score (nSPS) is 19.2. The van der Waals surface area contributed by atoms with Crippen LogP contribution < -0.4 is 10.5 Å². The van der Waals surface area contributed by atoms with E-state index in [1.165, 1.54) is 5.56 Å². The summed E-state index contributed by atoms with van der Waals surface area (Å²) >= 11 is 0. The van der Waals surface area contributed by atoms with Gasteiger partial charge in [-0.3, -0.25) is 4.90 Å². The molecule has 1 atom stereocenters. The van der Waals surface area contributed by atoms with Crippen LogP contribution in [0.15, 0.2) is 18.2 Å². The molecule has 0 aliphatic carbocycles. The second-order valence-corrected chi connectivity index (χ2v) is 5.07. The number of likely N-dealkylation sites (tertiary alicyclic amines) is 1. The standard InChI is InChI=1S/C16H22N2O2/c1-20-16-7-6-13(10-14(16)4-2-8-17)11-18-9-3-5-15(19)12-18/h6-7,10,15,19H,3,5,8-9,11-12,17H2,1H3. The van der Waals surface area contributed by atoms with E-state index in [9.17, 15) is 5.11 Å². The van der Waals surface area contributed by atoms with Crippen molar-refractivity contribution < 1.29 is 9.84 Å². The molecule has 4 nitrogen and oxygen atoms in total. The molecule has 0 spiro atoms. The molecule has 1 unspecified atom stereocenters. The van der Waals surface area contributed by atoms with E-state index < -0.39 is 0 Å². The molecule has 0 bridgehead atoms. The molecule has 1 aromatic rings. The van der Waals surface area contributed by atoms with Gasteiger partial charge in [0.15, 0.2) is 0 Å². The van der Waals surface area contributed by atoms with E-state index in [2.05, 4.69) is 16.7 Å². The van der Waals surface area contributed by atoms with Gasteiger partial charge in [0.05, 0.1) is 25.3 Å². The number of piperidine rings is 1. The van der Waals surface area contributed by atoms with Crippen molar-refractivity contribution in [3.63, 3.8) is 0 Å². The van der Waals surface area contributed by atoms with E-state index in [4.69, 9.17) is 10.5 Å². The molecule has 1 aliphatic rings. The van der Waals surface area contributed by atoms with Crippen LogP contribution in [0.25, 0.3) is 0 Å². The highest BCUT2D eigenvalue weighted by Gasteiger charge is 2.17. The molecule has 1 saturated heterocycles. The van der Waals surface area contributed by atoms with E-state index in [0.29, 0.717) is 6.54 Å². The summed E-state index contributed by atoms with van der Waals surface area (Å²) in [6.45, 7) is 2.95. The summed E-state index contributed by atoms with van der Waals surface area (Å²) in [5.74, 6) is 6.68. The van der Waals surface area contributed by atoms with Gasteiger partial charge in [-0.25, -0.2) is 0 Å². The number of hydrogen-bond donors (Lipinski definition) is 2. The van der Waals surface area contributed by atoms with Gasteiger partial charge in [0.25, 0.3) is 0 Å². The van der Waals surface area contributed by atoms with Gasteiger partial charge in [0.2, 0.25) is 0 Å². The molecule has 4 heteroatoms. The number of nitrogens with zero attached hydrogens (tertiary/aromatic N) is 1. The van der Waals surface area contributed by atoms with Gasteiger partial charge in [-0.05, 0) is 37.1 Å². The lowest BCUT2D eigenvalue weighted by atomic mass is 10.1. The molecule has 0 radical (unpaired) electrons. The van der Waals surface area contributed by atoms with Crippen LogP contribution in [-0.4, -0.2) is 42.9 Å². The lowest BCUT2D eigenvalue weighted by molar-refractivity contribution is 0.0668. The highest BCUT2D eigenvalue weighted by molar-refractivity contribution is 5.48. The minimum absolute atomic E-state index is 0.196. The molecule has 0 amide bonds. The molecule has 2 rings (SSSR count). The first kappa shape index (κ1) is 14.9. The van der Waals surface area contributed by atoms with Gasteiger partial charge in [0, 0.05) is 13.1 Å². The summed E-state index contributed by atoms with van der Waals surface area (Å²) in [5, 5.41) is 9.71. The average molecular weight is 274 g/mol. The van der Waals surface area contributed by atoms with Crippen molar-refractivity contribution in [1.82, 2.24) is 4.90 Å². The van der Waals surface area contributed by atoms with Gasteiger partial charge in [-0.15, -0.1) is 0 Å². The van der Waals surface area contributed by atoms with Crippen LogP contribution in [0.5, 0.6) is 5.75 Å². The van der Waals surface area contributed by atoms with Gasteiger partial charge in [0.1, 0.15) is 5.75 Å². The Morgan fingerprint density at radius 1 is 1.50 bits per heavy atom.